The van der Waals surface area contributed by atoms with Crippen LogP contribution in [0.1, 0.15) is 5.69 Å². The standard InChI is InChI=1S/C15H19N3O3/c1-11-9-15(19)18(16-11)14-10-12(20-2)3-4-13(14)17-5-7-21-8-6-17/h3-4,9-10,16H,5-8H2,1-2H3. The van der Waals surface area contributed by atoms with Crippen LogP contribution in [0.15, 0.2) is 29.1 Å². The molecule has 6 heteroatoms. The normalized spacial score (nSPS) is 15.2. The number of nitrogens with zero attached hydrogens (tertiary/aromatic N) is 2. The van der Waals surface area contributed by atoms with E-state index in [4.69, 9.17) is 9.47 Å². The van der Waals surface area contributed by atoms with E-state index >= 15 is 0 Å². The van der Waals surface area contributed by atoms with E-state index < -0.39 is 0 Å². The fourth-order valence-corrected chi connectivity index (χ4v) is 2.57. The Balaban J connectivity index is 2.11. The molecule has 0 aliphatic carbocycles. The molecule has 1 aliphatic heterocycles. The lowest BCUT2D eigenvalue weighted by Gasteiger charge is -2.30. The highest BCUT2D eigenvalue weighted by Gasteiger charge is 2.18. The van der Waals surface area contributed by atoms with Crippen LogP contribution in [0.4, 0.5) is 5.69 Å². The van der Waals surface area contributed by atoms with Gasteiger partial charge in [-0.05, 0) is 19.1 Å². The first-order valence-electron chi connectivity index (χ1n) is 6.99. The van der Waals surface area contributed by atoms with Crippen molar-refractivity contribution in [3.63, 3.8) is 0 Å². The topological polar surface area (TPSA) is 59.5 Å². The summed E-state index contributed by atoms with van der Waals surface area (Å²) in [6.45, 7) is 4.89. The Hall–Kier alpha value is -2.21. The number of aromatic amines is 1. The number of morpholine rings is 1. The third-order valence-corrected chi connectivity index (χ3v) is 3.62. The lowest BCUT2D eigenvalue weighted by Crippen LogP contribution is -2.37. The number of hydrogen-bond acceptors (Lipinski definition) is 4. The van der Waals surface area contributed by atoms with E-state index in [2.05, 4.69) is 10.00 Å². The highest BCUT2D eigenvalue weighted by molar-refractivity contribution is 5.65. The van der Waals surface area contributed by atoms with Crippen LogP contribution in [0.5, 0.6) is 5.75 Å². The fraction of sp³-hybridized carbons (Fsp3) is 0.400. The highest BCUT2D eigenvalue weighted by atomic mass is 16.5. The molecule has 1 fully saturated rings. The molecule has 3 rings (SSSR count). The second-order valence-electron chi connectivity index (χ2n) is 5.07. The van der Waals surface area contributed by atoms with Gasteiger partial charge in [0.2, 0.25) is 0 Å². The lowest BCUT2D eigenvalue weighted by atomic mass is 10.2. The molecule has 2 heterocycles. The van der Waals surface area contributed by atoms with E-state index in [-0.39, 0.29) is 5.56 Å². The van der Waals surface area contributed by atoms with Crippen molar-refractivity contribution in [2.75, 3.05) is 38.3 Å². The zero-order valence-corrected chi connectivity index (χ0v) is 12.3. The van der Waals surface area contributed by atoms with Crippen molar-refractivity contribution < 1.29 is 9.47 Å². The molecule has 0 spiro atoms. The van der Waals surface area contributed by atoms with Gasteiger partial charge in [0.05, 0.1) is 31.7 Å². The van der Waals surface area contributed by atoms with Crippen molar-refractivity contribution in [1.29, 1.82) is 0 Å². The van der Waals surface area contributed by atoms with E-state index in [0.29, 0.717) is 13.2 Å². The maximum atomic E-state index is 12.1. The summed E-state index contributed by atoms with van der Waals surface area (Å²) in [7, 11) is 1.62. The first-order chi connectivity index (χ1) is 10.2. The van der Waals surface area contributed by atoms with Crippen molar-refractivity contribution in [3.8, 4) is 11.4 Å². The van der Waals surface area contributed by atoms with Gasteiger partial charge in [-0.2, -0.15) is 0 Å². The average Bonchev–Trinajstić information content (AvgIpc) is 2.86. The van der Waals surface area contributed by atoms with Crippen LogP contribution in [-0.4, -0.2) is 43.2 Å². The van der Waals surface area contributed by atoms with Crippen molar-refractivity contribution in [3.05, 3.63) is 40.3 Å². The number of benzene rings is 1. The summed E-state index contributed by atoms with van der Waals surface area (Å²) in [4.78, 5) is 14.3. The zero-order chi connectivity index (χ0) is 14.8. The number of methoxy groups -OCH3 is 1. The first-order valence-corrected chi connectivity index (χ1v) is 6.99. The summed E-state index contributed by atoms with van der Waals surface area (Å²) in [5, 5.41) is 3.08. The van der Waals surface area contributed by atoms with Crippen molar-refractivity contribution in [2.24, 2.45) is 0 Å². The van der Waals surface area contributed by atoms with Gasteiger partial charge >= 0.3 is 0 Å². The van der Waals surface area contributed by atoms with Gasteiger partial charge in [0.15, 0.2) is 0 Å². The molecule has 0 atom stereocenters. The minimum Gasteiger partial charge on any atom is -0.497 e. The first kappa shape index (κ1) is 13.8. The third-order valence-electron chi connectivity index (χ3n) is 3.62. The molecule has 0 amide bonds. The number of H-pyrrole nitrogens is 1. The molecule has 6 nitrogen and oxygen atoms in total. The van der Waals surface area contributed by atoms with Gasteiger partial charge in [-0.15, -0.1) is 0 Å². The Morgan fingerprint density at radius 1 is 1.19 bits per heavy atom. The lowest BCUT2D eigenvalue weighted by molar-refractivity contribution is 0.122. The van der Waals surface area contributed by atoms with E-state index in [9.17, 15) is 4.79 Å². The molecular formula is C15H19N3O3. The molecule has 1 aromatic carbocycles. The quantitative estimate of drug-likeness (QED) is 0.926. The molecule has 1 aliphatic rings. The minimum absolute atomic E-state index is 0.0738. The number of nitrogens with one attached hydrogen (secondary N) is 1. The number of aromatic nitrogens is 2. The monoisotopic (exact) mass is 289 g/mol. The number of rotatable bonds is 3. The van der Waals surface area contributed by atoms with Crippen LogP contribution in [0.2, 0.25) is 0 Å². The van der Waals surface area contributed by atoms with Crippen molar-refractivity contribution in [1.82, 2.24) is 9.78 Å². The summed E-state index contributed by atoms with van der Waals surface area (Å²) in [6.07, 6.45) is 0. The molecule has 0 saturated carbocycles. The number of aryl methyl sites for hydroxylation is 1. The maximum Gasteiger partial charge on any atom is 0.271 e. The molecule has 0 unspecified atom stereocenters. The van der Waals surface area contributed by atoms with Gasteiger partial charge in [-0.1, -0.05) is 0 Å². The summed E-state index contributed by atoms with van der Waals surface area (Å²) in [5.74, 6) is 0.723. The molecular weight excluding hydrogens is 270 g/mol. The van der Waals surface area contributed by atoms with Crippen LogP contribution < -0.4 is 15.2 Å². The van der Waals surface area contributed by atoms with E-state index in [1.54, 1.807) is 17.9 Å². The summed E-state index contributed by atoms with van der Waals surface area (Å²) in [6, 6.07) is 7.36. The zero-order valence-electron chi connectivity index (χ0n) is 12.3. The summed E-state index contributed by atoms with van der Waals surface area (Å²) in [5.41, 5.74) is 2.56. The van der Waals surface area contributed by atoms with Gasteiger partial charge in [-0.25, -0.2) is 4.68 Å². The largest absolute Gasteiger partial charge is 0.497 e. The molecule has 0 radical (unpaired) electrons. The van der Waals surface area contributed by atoms with Gasteiger partial charge < -0.3 is 14.4 Å². The fourth-order valence-electron chi connectivity index (χ4n) is 2.57. The predicted molar refractivity (Wildman–Crippen MR) is 80.7 cm³/mol. The number of ether oxygens (including phenoxy) is 2. The van der Waals surface area contributed by atoms with Gasteiger partial charge in [-0.3, -0.25) is 9.89 Å². The van der Waals surface area contributed by atoms with Gasteiger partial charge in [0.25, 0.3) is 5.56 Å². The molecule has 0 bridgehead atoms. The smallest absolute Gasteiger partial charge is 0.271 e. The number of hydrogen-bond donors (Lipinski definition) is 1. The Bertz CT molecular complexity index is 684. The van der Waals surface area contributed by atoms with Crippen LogP contribution in [0.25, 0.3) is 5.69 Å². The minimum atomic E-state index is -0.0738. The molecule has 1 aromatic heterocycles. The van der Waals surface area contributed by atoms with Crippen molar-refractivity contribution in [2.45, 2.75) is 6.92 Å². The van der Waals surface area contributed by atoms with Gasteiger partial charge in [0, 0.05) is 30.9 Å². The highest BCUT2D eigenvalue weighted by Crippen LogP contribution is 2.28. The van der Waals surface area contributed by atoms with Crippen LogP contribution >= 0.6 is 0 Å². The maximum absolute atomic E-state index is 12.1. The Kier molecular flexibility index (Phi) is 3.70. The van der Waals surface area contributed by atoms with Crippen molar-refractivity contribution >= 4 is 5.69 Å². The van der Waals surface area contributed by atoms with E-state index in [0.717, 1.165) is 35.9 Å². The second-order valence-corrected chi connectivity index (χ2v) is 5.07. The van der Waals surface area contributed by atoms with Crippen LogP contribution in [0.3, 0.4) is 0 Å². The molecule has 1 saturated heterocycles. The molecule has 21 heavy (non-hydrogen) atoms. The van der Waals surface area contributed by atoms with E-state index in [1.807, 2.05) is 25.1 Å². The second kappa shape index (κ2) is 5.65. The van der Waals surface area contributed by atoms with Crippen LogP contribution in [0, 0.1) is 6.92 Å². The Morgan fingerprint density at radius 2 is 1.95 bits per heavy atom. The summed E-state index contributed by atoms with van der Waals surface area (Å²) >= 11 is 0. The SMILES string of the molecule is COc1ccc(N2CCOCC2)c(-n2[nH]c(C)cc2=O)c1. The van der Waals surface area contributed by atoms with Crippen LogP contribution in [-0.2, 0) is 4.74 Å². The number of anilines is 1. The predicted octanol–water partition coefficient (Wildman–Crippen LogP) is 1.32. The molecule has 1 N–H and O–H groups in total. The Labute approximate surface area is 122 Å². The average molecular weight is 289 g/mol. The third kappa shape index (κ3) is 2.67. The Morgan fingerprint density at radius 3 is 2.57 bits per heavy atom. The molecule has 2 aromatic rings. The van der Waals surface area contributed by atoms with E-state index in [1.165, 1.54) is 0 Å². The summed E-state index contributed by atoms with van der Waals surface area (Å²) < 4.78 is 12.2. The molecule has 112 valence electrons. The van der Waals surface area contributed by atoms with Gasteiger partial charge in [0.1, 0.15) is 5.75 Å².